The first kappa shape index (κ1) is 49.0. The SMILES string of the molecule is COc1ccc(N=Nc2ccc(COCCCCCCCCCCCSSCCCCCCCCCCCOCc3ccc(N=Nc4ccc(OC)cc4)cc3)cc2)cc1. The molecule has 0 amide bonds. The van der Waals surface area contributed by atoms with Gasteiger partial charge in [0.1, 0.15) is 11.5 Å². The molecule has 4 rings (SSSR count). The summed E-state index contributed by atoms with van der Waals surface area (Å²) >= 11 is 0. The molecule has 0 aliphatic rings. The van der Waals surface area contributed by atoms with Gasteiger partial charge in [0.25, 0.3) is 0 Å². The molecule has 0 heterocycles. The summed E-state index contributed by atoms with van der Waals surface area (Å²) in [5.74, 6) is 4.24. The number of unbranched alkanes of at least 4 members (excludes halogenated alkanes) is 16. The lowest BCUT2D eigenvalue weighted by molar-refractivity contribution is 0.116. The Kier molecular flexibility index (Phi) is 26.9. The molecule has 10 heteroatoms. The van der Waals surface area contributed by atoms with Crippen molar-refractivity contribution in [3.8, 4) is 11.5 Å². The lowest BCUT2D eigenvalue weighted by atomic mass is 10.1. The van der Waals surface area contributed by atoms with Gasteiger partial charge in [0.2, 0.25) is 0 Å². The Hall–Kier alpha value is -3.70. The fraction of sp³-hybridized carbons (Fsp3) is 0.520. The summed E-state index contributed by atoms with van der Waals surface area (Å²) in [6.07, 6.45) is 24.0. The number of hydrogen-bond donors (Lipinski definition) is 0. The van der Waals surface area contributed by atoms with E-state index in [1.807, 2.05) is 72.8 Å². The number of azo groups is 2. The van der Waals surface area contributed by atoms with Gasteiger partial charge < -0.3 is 18.9 Å². The molecule has 0 aliphatic carbocycles. The van der Waals surface area contributed by atoms with Crippen LogP contribution in [-0.2, 0) is 22.7 Å². The molecule has 4 aromatic carbocycles. The van der Waals surface area contributed by atoms with Crippen molar-refractivity contribution >= 4 is 44.3 Å². The van der Waals surface area contributed by atoms with E-state index in [9.17, 15) is 0 Å². The van der Waals surface area contributed by atoms with Crippen molar-refractivity contribution in [3.05, 3.63) is 108 Å². The molecule has 0 aromatic heterocycles. The van der Waals surface area contributed by atoms with Crippen molar-refractivity contribution in [2.75, 3.05) is 38.9 Å². The van der Waals surface area contributed by atoms with Crippen molar-refractivity contribution in [1.29, 1.82) is 0 Å². The van der Waals surface area contributed by atoms with Crippen LogP contribution < -0.4 is 9.47 Å². The molecular formula is C50H70N4O4S2. The summed E-state index contributed by atoms with van der Waals surface area (Å²) < 4.78 is 22.2. The Morgan fingerprint density at radius 2 is 0.600 bits per heavy atom. The molecule has 0 spiro atoms. The lowest BCUT2D eigenvalue weighted by Gasteiger charge is -2.06. The molecule has 0 unspecified atom stereocenters. The van der Waals surface area contributed by atoms with Gasteiger partial charge in [-0.1, -0.05) is 136 Å². The van der Waals surface area contributed by atoms with Crippen LogP contribution in [0.1, 0.15) is 127 Å². The maximum atomic E-state index is 5.91. The predicted octanol–water partition coefficient (Wildman–Crippen LogP) is 16.7. The summed E-state index contributed by atoms with van der Waals surface area (Å²) in [4.78, 5) is 0. The van der Waals surface area contributed by atoms with Crippen LogP contribution in [0.4, 0.5) is 22.7 Å². The monoisotopic (exact) mass is 854 g/mol. The molecule has 0 atom stereocenters. The number of ether oxygens (including phenoxy) is 4. The summed E-state index contributed by atoms with van der Waals surface area (Å²) in [5.41, 5.74) is 5.61. The van der Waals surface area contributed by atoms with Gasteiger partial charge in [0.05, 0.1) is 50.2 Å². The Balaban J connectivity index is 0.808. The van der Waals surface area contributed by atoms with E-state index in [4.69, 9.17) is 18.9 Å². The average molecular weight is 855 g/mol. The summed E-state index contributed by atoms with van der Waals surface area (Å²) in [6.45, 7) is 2.95. The highest BCUT2D eigenvalue weighted by Gasteiger charge is 2.01. The van der Waals surface area contributed by atoms with Gasteiger partial charge >= 0.3 is 0 Å². The Morgan fingerprint density at radius 1 is 0.333 bits per heavy atom. The molecule has 326 valence electrons. The van der Waals surface area contributed by atoms with Crippen LogP contribution in [0.2, 0.25) is 0 Å². The predicted molar refractivity (Wildman–Crippen MR) is 255 cm³/mol. The molecule has 60 heavy (non-hydrogen) atoms. The molecule has 0 N–H and O–H groups in total. The van der Waals surface area contributed by atoms with Gasteiger partial charge in [-0.05, 0) is 110 Å². The highest BCUT2D eigenvalue weighted by molar-refractivity contribution is 8.76. The molecule has 4 aromatic rings. The van der Waals surface area contributed by atoms with E-state index in [2.05, 4.69) is 66.3 Å². The van der Waals surface area contributed by atoms with Crippen molar-refractivity contribution in [2.45, 2.75) is 129 Å². The van der Waals surface area contributed by atoms with E-state index < -0.39 is 0 Å². The van der Waals surface area contributed by atoms with Crippen molar-refractivity contribution in [1.82, 2.24) is 0 Å². The zero-order chi connectivity index (χ0) is 42.0. The smallest absolute Gasteiger partial charge is 0.119 e. The van der Waals surface area contributed by atoms with E-state index in [0.717, 1.165) is 60.3 Å². The van der Waals surface area contributed by atoms with Crippen LogP contribution in [0.15, 0.2) is 118 Å². The lowest BCUT2D eigenvalue weighted by Crippen LogP contribution is -1.95. The molecule has 0 radical (unpaired) electrons. The quantitative estimate of drug-likeness (QED) is 0.0260. The first-order valence-corrected chi connectivity index (χ1v) is 24.9. The van der Waals surface area contributed by atoms with E-state index >= 15 is 0 Å². The highest BCUT2D eigenvalue weighted by Crippen LogP contribution is 2.26. The zero-order valence-corrected chi connectivity index (χ0v) is 38.1. The molecule has 0 bridgehead atoms. The minimum atomic E-state index is 0.648. The van der Waals surface area contributed by atoms with Crippen LogP contribution >= 0.6 is 21.6 Å². The Bertz CT molecular complexity index is 1560. The first-order valence-electron chi connectivity index (χ1n) is 22.4. The minimum Gasteiger partial charge on any atom is -0.497 e. The molecule has 0 saturated heterocycles. The molecular weight excluding hydrogens is 785 g/mol. The van der Waals surface area contributed by atoms with E-state index in [1.54, 1.807) is 14.2 Å². The van der Waals surface area contributed by atoms with Gasteiger partial charge in [-0.25, -0.2) is 0 Å². The second-order valence-corrected chi connectivity index (χ2v) is 17.9. The maximum Gasteiger partial charge on any atom is 0.119 e. The molecule has 0 aliphatic heterocycles. The van der Waals surface area contributed by atoms with Crippen molar-refractivity contribution in [2.24, 2.45) is 20.5 Å². The first-order chi connectivity index (χ1) is 29.7. The molecule has 0 saturated carbocycles. The summed E-state index contributed by atoms with van der Waals surface area (Å²) in [6, 6.07) is 31.3. The fourth-order valence-corrected chi connectivity index (χ4v) is 8.84. The fourth-order valence-electron chi connectivity index (χ4n) is 6.55. The number of methoxy groups -OCH3 is 2. The van der Waals surface area contributed by atoms with Crippen LogP contribution in [0.3, 0.4) is 0 Å². The maximum absolute atomic E-state index is 5.91. The van der Waals surface area contributed by atoms with Crippen LogP contribution in [-0.4, -0.2) is 38.9 Å². The molecule has 8 nitrogen and oxygen atoms in total. The van der Waals surface area contributed by atoms with Crippen molar-refractivity contribution in [3.63, 3.8) is 0 Å². The number of hydrogen-bond acceptors (Lipinski definition) is 10. The van der Waals surface area contributed by atoms with Crippen LogP contribution in [0, 0.1) is 0 Å². The second-order valence-electron chi connectivity index (χ2n) is 15.2. The second kappa shape index (κ2) is 33.0. The Labute approximate surface area is 369 Å². The normalized spacial score (nSPS) is 11.6. The number of rotatable bonds is 35. The largest absolute Gasteiger partial charge is 0.497 e. The third-order valence-electron chi connectivity index (χ3n) is 10.2. The van der Waals surface area contributed by atoms with Crippen LogP contribution in [0.5, 0.6) is 11.5 Å². The topological polar surface area (TPSA) is 86.4 Å². The number of nitrogens with zero attached hydrogens (tertiary/aromatic N) is 4. The summed E-state index contributed by atoms with van der Waals surface area (Å²) in [5, 5.41) is 17.2. The van der Waals surface area contributed by atoms with Crippen molar-refractivity contribution < 1.29 is 18.9 Å². The zero-order valence-electron chi connectivity index (χ0n) is 36.4. The standard InChI is InChI=1S/C50H70N4O4S2/c1-55-49-33-29-47(30-34-49)53-51-45-25-21-43(22-26-45)41-57-37-17-13-9-5-3-7-11-15-19-39-59-60-40-20-16-12-8-4-6-10-14-18-38-58-42-44-23-27-46(28-24-44)52-54-48-31-35-50(56-2)36-32-48/h21-36H,3-20,37-42H2,1-2H3. The number of benzene rings is 4. The van der Waals surface area contributed by atoms with Gasteiger partial charge in [0, 0.05) is 24.7 Å². The van der Waals surface area contributed by atoms with Gasteiger partial charge in [0.15, 0.2) is 0 Å². The van der Waals surface area contributed by atoms with E-state index in [1.165, 1.54) is 125 Å². The van der Waals surface area contributed by atoms with E-state index in [-0.39, 0.29) is 0 Å². The summed E-state index contributed by atoms with van der Waals surface area (Å²) in [7, 11) is 7.50. The highest BCUT2D eigenvalue weighted by atomic mass is 33.1. The minimum absolute atomic E-state index is 0.648. The van der Waals surface area contributed by atoms with Gasteiger partial charge in [-0.15, -0.1) is 0 Å². The molecule has 0 fully saturated rings. The van der Waals surface area contributed by atoms with Gasteiger partial charge in [-0.2, -0.15) is 20.5 Å². The third-order valence-corrected chi connectivity index (χ3v) is 12.8. The van der Waals surface area contributed by atoms with E-state index in [0.29, 0.717) is 13.2 Å². The van der Waals surface area contributed by atoms with Crippen LogP contribution in [0.25, 0.3) is 0 Å². The third kappa shape index (κ3) is 23.3. The van der Waals surface area contributed by atoms with Gasteiger partial charge in [-0.3, -0.25) is 0 Å². The Morgan fingerprint density at radius 3 is 0.900 bits per heavy atom. The average Bonchev–Trinajstić information content (AvgIpc) is 3.29.